The number of ether oxygens (including phenoxy) is 2. The first-order valence-corrected chi connectivity index (χ1v) is 10.0. The Bertz CT molecular complexity index is 1150. The molecule has 2 aliphatic heterocycles. The van der Waals surface area contributed by atoms with Crippen molar-refractivity contribution < 1.29 is 19.1 Å². The van der Waals surface area contributed by atoms with Crippen molar-refractivity contribution in [3.05, 3.63) is 76.0 Å². The van der Waals surface area contributed by atoms with Gasteiger partial charge >= 0.3 is 0 Å². The van der Waals surface area contributed by atoms with E-state index in [1.165, 1.54) is 5.06 Å². The molecule has 1 amide bonds. The Kier molecular flexibility index (Phi) is 5.77. The zero-order valence-corrected chi connectivity index (χ0v) is 17.8. The van der Waals surface area contributed by atoms with Crippen LogP contribution < -0.4 is 9.47 Å². The second-order valence-electron chi connectivity index (χ2n) is 6.97. The maximum atomic E-state index is 12.3. The zero-order valence-electron chi connectivity index (χ0n) is 17.0. The van der Waals surface area contributed by atoms with Crippen molar-refractivity contribution >= 4 is 35.3 Å². The van der Waals surface area contributed by atoms with Crippen LogP contribution in [0.2, 0.25) is 5.02 Å². The number of carbonyl (C=O) groups excluding carboxylic acids is 1. The number of hydrogen-bond acceptors (Lipinski definition) is 5. The molecule has 0 unspecified atom stereocenters. The van der Waals surface area contributed by atoms with Gasteiger partial charge in [0.2, 0.25) is 0 Å². The number of amides is 1. The molecule has 0 fully saturated rings. The van der Waals surface area contributed by atoms with Crippen molar-refractivity contribution in [3.8, 4) is 11.5 Å². The lowest BCUT2D eigenvalue weighted by molar-refractivity contribution is -0.114. The van der Waals surface area contributed by atoms with Crippen LogP contribution >= 0.6 is 11.6 Å². The molecule has 1 N–H and O–H groups in total. The van der Waals surface area contributed by atoms with Crippen molar-refractivity contribution in [1.29, 1.82) is 5.41 Å². The molecule has 2 heterocycles. The fourth-order valence-electron chi connectivity index (χ4n) is 3.11. The van der Waals surface area contributed by atoms with E-state index >= 15 is 0 Å². The Morgan fingerprint density at radius 1 is 1.13 bits per heavy atom. The van der Waals surface area contributed by atoms with Gasteiger partial charge in [-0.05, 0) is 49.2 Å². The molecule has 7 nitrogen and oxygen atoms in total. The largest absolute Gasteiger partial charge is 0.490 e. The molecule has 0 aromatic heterocycles. The number of amidine groups is 2. The van der Waals surface area contributed by atoms with E-state index in [0.717, 1.165) is 11.3 Å². The lowest BCUT2D eigenvalue weighted by Gasteiger charge is -2.23. The van der Waals surface area contributed by atoms with E-state index < -0.39 is 5.91 Å². The average molecular weight is 438 g/mol. The monoisotopic (exact) mass is 437 g/mol. The lowest BCUT2D eigenvalue weighted by Crippen LogP contribution is -2.38. The van der Waals surface area contributed by atoms with Crippen LogP contribution in [0, 0.1) is 12.3 Å². The summed E-state index contributed by atoms with van der Waals surface area (Å²) >= 11 is 6.34. The number of nitrogens with one attached hydrogen (secondary N) is 1. The summed E-state index contributed by atoms with van der Waals surface area (Å²) in [4.78, 5) is 21.7. The molecule has 0 radical (unpaired) electrons. The van der Waals surface area contributed by atoms with E-state index in [9.17, 15) is 4.79 Å². The average Bonchev–Trinajstić information content (AvgIpc) is 3.11. The number of nitrogens with zero attached hydrogens (tertiary/aromatic N) is 2. The fourth-order valence-corrected chi connectivity index (χ4v) is 3.36. The standard InChI is InChI=1S/C23H20ClN3O4/c1-14-5-3-4-6-19(14)29-9-10-30-20-8-7-16(13-18(20)24)12-17-22(25)27-21(26-23(17)28)11-15(2)31-27/h3-8,11-13,25H,9-10H2,1-2H3/b17-12-,25-22?. The highest BCUT2D eigenvalue weighted by atomic mass is 35.5. The second kappa shape index (κ2) is 8.65. The molecule has 0 saturated carbocycles. The quantitative estimate of drug-likeness (QED) is 0.529. The number of carbonyl (C=O) groups is 1. The van der Waals surface area contributed by atoms with Gasteiger partial charge in [-0.1, -0.05) is 35.9 Å². The summed E-state index contributed by atoms with van der Waals surface area (Å²) in [5.74, 6) is 1.61. The van der Waals surface area contributed by atoms with Crippen LogP contribution in [0.4, 0.5) is 0 Å². The van der Waals surface area contributed by atoms with Gasteiger partial charge in [0, 0.05) is 6.08 Å². The number of fused-ring (bicyclic) bond motifs is 1. The molecule has 0 bridgehead atoms. The summed E-state index contributed by atoms with van der Waals surface area (Å²) in [6.07, 6.45) is 3.16. The SMILES string of the molecule is CC1=CC2=NC(=O)/C(=C\c3ccc(OCCOc4ccccc4C)c(Cl)c3)C(=N)N2O1. The number of aryl methyl sites for hydroxylation is 1. The van der Waals surface area contributed by atoms with Crippen molar-refractivity contribution in [2.24, 2.45) is 4.99 Å². The molecule has 0 aliphatic carbocycles. The summed E-state index contributed by atoms with van der Waals surface area (Å²) < 4.78 is 11.4. The first-order valence-electron chi connectivity index (χ1n) is 9.63. The molecule has 8 heteroatoms. The minimum Gasteiger partial charge on any atom is -0.490 e. The van der Waals surface area contributed by atoms with Gasteiger partial charge in [0.25, 0.3) is 5.91 Å². The van der Waals surface area contributed by atoms with Gasteiger partial charge in [0.05, 0.1) is 10.6 Å². The van der Waals surface area contributed by atoms with E-state index in [4.69, 9.17) is 31.3 Å². The fraction of sp³-hybridized carbons (Fsp3) is 0.174. The predicted molar refractivity (Wildman–Crippen MR) is 118 cm³/mol. The lowest BCUT2D eigenvalue weighted by atomic mass is 10.1. The molecule has 0 atom stereocenters. The maximum absolute atomic E-state index is 12.3. The molecule has 0 spiro atoms. The molecule has 2 aromatic rings. The van der Waals surface area contributed by atoms with Gasteiger partial charge in [0.1, 0.15) is 30.5 Å². The van der Waals surface area contributed by atoms with Gasteiger partial charge in [0.15, 0.2) is 11.7 Å². The predicted octanol–water partition coefficient (Wildman–Crippen LogP) is 4.56. The zero-order chi connectivity index (χ0) is 22.0. The van der Waals surface area contributed by atoms with Crippen molar-refractivity contribution in [3.63, 3.8) is 0 Å². The second-order valence-corrected chi connectivity index (χ2v) is 7.38. The van der Waals surface area contributed by atoms with E-state index in [1.54, 1.807) is 37.3 Å². The van der Waals surface area contributed by atoms with Crippen LogP contribution in [0.25, 0.3) is 6.08 Å². The molecule has 158 valence electrons. The topological polar surface area (TPSA) is 84.2 Å². The Labute approximate surface area is 184 Å². The van der Waals surface area contributed by atoms with E-state index in [1.807, 2.05) is 31.2 Å². The number of benzene rings is 2. The molecular formula is C23H20ClN3O4. The number of allylic oxidation sites excluding steroid dienone is 1. The van der Waals surface area contributed by atoms with Crippen LogP contribution in [0.1, 0.15) is 18.1 Å². The minimum absolute atomic E-state index is 0.0760. The van der Waals surface area contributed by atoms with E-state index in [0.29, 0.717) is 41.1 Å². The van der Waals surface area contributed by atoms with Crippen LogP contribution in [0.3, 0.4) is 0 Å². The van der Waals surface area contributed by atoms with Gasteiger partial charge < -0.3 is 14.3 Å². The Morgan fingerprint density at radius 3 is 2.61 bits per heavy atom. The van der Waals surface area contributed by atoms with Crippen molar-refractivity contribution in [1.82, 2.24) is 5.06 Å². The van der Waals surface area contributed by atoms with Gasteiger partial charge in [-0.25, -0.2) is 0 Å². The summed E-state index contributed by atoms with van der Waals surface area (Å²) in [5, 5.41) is 9.87. The number of rotatable bonds is 6. The normalized spacial score (nSPS) is 16.6. The van der Waals surface area contributed by atoms with Gasteiger partial charge in [-0.3, -0.25) is 10.2 Å². The summed E-state index contributed by atoms with van der Waals surface area (Å²) in [6.45, 7) is 4.42. The number of halogens is 1. The highest BCUT2D eigenvalue weighted by molar-refractivity contribution is 6.33. The molecular weight excluding hydrogens is 418 g/mol. The third-order valence-electron chi connectivity index (χ3n) is 4.64. The Balaban J connectivity index is 1.40. The van der Waals surface area contributed by atoms with E-state index in [-0.39, 0.29) is 11.4 Å². The third kappa shape index (κ3) is 4.46. The summed E-state index contributed by atoms with van der Waals surface area (Å²) in [7, 11) is 0. The number of aliphatic imine (C=N–C) groups is 1. The van der Waals surface area contributed by atoms with Gasteiger partial charge in [-0.15, -0.1) is 5.06 Å². The maximum Gasteiger partial charge on any atom is 0.282 e. The minimum atomic E-state index is -0.504. The smallest absolute Gasteiger partial charge is 0.282 e. The highest BCUT2D eigenvalue weighted by Crippen LogP contribution is 2.28. The molecule has 0 saturated heterocycles. The number of para-hydroxylation sites is 1. The van der Waals surface area contributed by atoms with Crippen molar-refractivity contribution in [2.75, 3.05) is 13.2 Å². The highest BCUT2D eigenvalue weighted by Gasteiger charge is 2.34. The number of hydrogen-bond donors (Lipinski definition) is 1. The van der Waals surface area contributed by atoms with Crippen molar-refractivity contribution in [2.45, 2.75) is 13.8 Å². The third-order valence-corrected chi connectivity index (χ3v) is 4.93. The Hall–Kier alpha value is -3.58. The number of hydroxylamine groups is 2. The first kappa shape index (κ1) is 20.7. The van der Waals surface area contributed by atoms with Crippen LogP contribution in [-0.2, 0) is 9.63 Å². The summed E-state index contributed by atoms with van der Waals surface area (Å²) in [6, 6.07) is 12.9. The van der Waals surface area contributed by atoms with Crippen LogP contribution in [-0.4, -0.2) is 35.9 Å². The van der Waals surface area contributed by atoms with Crippen LogP contribution in [0.5, 0.6) is 11.5 Å². The summed E-state index contributed by atoms with van der Waals surface area (Å²) in [5.41, 5.74) is 1.81. The van der Waals surface area contributed by atoms with E-state index in [2.05, 4.69) is 4.99 Å². The molecule has 2 aliphatic rings. The first-order chi connectivity index (χ1) is 14.9. The molecule has 2 aromatic carbocycles. The Morgan fingerprint density at radius 2 is 1.87 bits per heavy atom. The van der Waals surface area contributed by atoms with Gasteiger partial charge in [-0.2, -0.15) is 4.99 Å². The molecule has 31 heavy (non-hydrogen) atoms. The molecule has 4 rings (SSSR count). The van der Waals surface area contributed by atoms with Crippen LogP contribution in [0.15, 0.2) is 64.9 Å².